The van der Waals surface area contributed by atoms with Gasteiger partial charge in [-0.3, -0.25) is 4.79 Å². The molecule has 5 rings (SSSR count). The SMILES string of the molecule is O=c1cc(N2CCCCC2)c2ccc(-c3c(O)cccc3F)c3c2n1CCC3. The number of anilines is 1. The fourth-order valence-corrected chi connectivity index (χ4v) is 4.83. The van der Waals surface area contributed by atoms with Crippen LogP contribution in [0.3, 0.4) is 0 Å². The molecular formula is C23H23FN2O2. The van der Waals surface area contributed by atoms with Crippen LogP contribution in [0.5, 0.6) is 5.75 Å². The van der Waals surface area contributed by atoms with Gasteiger partial charge in [0.15, 0.2) is 0 Å². The Kier molecular flexibility index (Phi) is 4.11. The lowest BCUT2D eigenvalue weighted by Gasteiger charge is -2.32. The van der Waals surface area contributed by atoms with Crippen LogP contribution in [0.4, 0.5) is 10.1 Å². The van der Waals surface area contributed by atoms with Crippen LogP contribution in [0.15, 0.2) is 41.2 Å². The second-order valence-corrected chi connectivity index (χ2v) is 7.79. The third-order valence-corrected chi connectivity index (χ3v) is 6.12. The summed E-state index contributed by atoms with van der Waals surface area (Å²) < 4.78 is 16.4. The van der Waals surface area contributed by atoms with Crippen molar-refractivity contribution in [2.24, 2.45) is 0 Å². The zero-order chi connectivity index (χ0) is 19.3. The monoisotopic (exact) mass is 378 g/mol. The Morgan fingerprint density at radius 3 is 2.57 bits per heavy atom. The highest BCUT2D eigenvalue weighted by atomic mass is 19.1. The molecule has 3 heterocycles. The number of phenolic OH excluding ortho intramolecular Hbond substituents is 1. The Morgan fingerprint density at radius 1 is 0.964 bits per heavy atom. The van der Waals surface area contributed by atoms with E-state index in [0.717, 1.165) is 60.9 Å². The highest BCUT2D eigenvalue weighted by molar-refractivity contribution is 5.98. The molecule has 1 fully saturated rings. The lowest BCUT2D eigenvalue weighted by atomic mass is 9.90. The molecule has 2 aliphatic heterocycles. The maximum absolute atomic E-state index is 14.6. The van der Waals surface area contributed by atoms with Crippen molar-refractivity contribution in [3.05, 3.63) is 58.1 Å². The van der Waals surface area contributed by atoms with Gasteiger partial charge in [-0.15, -0.1) is 0 Å². The molecule has 0 unspecified atom stereocenters. The molecule has 28 heavy (non-hydrogen) atoms. The van der Waals surface area contributed by atoms with Crippen LogP contribution in [0, 0.1) is 5.82 Å². The molecule has 1 saturated heterocycles. The van der Waals surface area contributed by atoms with Crippen LogP contribution in [-0.2, 0) is 13.0 Å². The van der Waals surface area contributed by atoms with Gasteiger partial charge in [-0.1, -0.05) is 18.2 Å². The number of pyridine rings is 1. The molecule has 0 amide bonds. The van der Waals surface area contributed by atoms with Crippen molar-refractivity contribution in [3.8, 4) is 16.9 Å². The molecule has 3 aromatic rings. The van der Waals surface area contributed by atoms with E-state index in [1.165, 1.54) is 24.6 Å². The predicted octanol–water partition coefficient (Wildman–Crippen LogP) is 4.45. The summed E-state index contributed by atoms with van der Waals surface area (Å²) in [6.07, 6.45) is 5.10. The summed E-state index contributed by atoms with van der Waals surface area (Å²) in [5.74, 6) is -0.510. The first kappa shape index (κ1) is 17.3. The van der Waals surface area contributed by atoms with Gasteiger partial charge in [0.25, 0.3) is 5.56 Å². The zero-order valence-corrected chi connectivity index (χ0v) is 15.7. The van der Waals surface area contributed by atoms with Gasteiger partial charge in [0.2, 0.25) is 0 Å². The number of phenols is 1. The fourth-order valence-electron chi connectivity index (χ4n) is 4.83. The number of halogens is 1. The summed E-state index contributed by atoms with van der Waals surface area (Å²) in [6.45, 7) is 2.60. The molecule has 2 aliphatic rings. The van der Waals surface area contributed by atoms with Crippen molar-refractivity contribution in [3.63, 3.8) is 0 Å². The van der Waals surface area contributed by atoms with Gasteiger partial charge in [0.1, 0.15) is 11.6 Å². The first-order valence-corrected chi connectivity index (χ1v) is 10.1. The van der Waals surface area contributed by atoms with E-state index >= 15 is 0 Å². The van der Waals surface area contributed by atoms with Gasteiger partial charge < -0.3 is 14.6 Å². The molecule has 0 aliphatic carbocycles. The average molecular weight is 378 g/mol. The van der Waals surface area contributed by atoms with E-state index in [9.17, 15) is 14.3 Å². The Bertz CT molecular complexity index is 1110. The molecule has 1 N–H and O–H groups in total. The Labute approximate surface area is 162 Å². The number of nitrogens with zero attached hydrogens (tertiary/aromatic N) is 2. The van der Waals surface area contributed by atoms with E-state index in [1.807, 2.05) is 16.7 Å². The lowest BCUT2D eigenvalue weighted by molar-refractivity contribution is 0.472. The van der Waals surface area contributed by atoms with E-state index in [2.05, 4.69) is 4.90 Å². The first-order valence-electron chi connectivity index (χ1n) is 10.1. The minimum atomic E-state index is -0.442. The molecule has 4 nitrogen and oxygen atoms in total. The van der Waals surface area contributed by atoms with Crippen molar-refractivity contribution >= 4 is 16.6 Å². The standard InChI is InChI=1S/C23H23FN2O2/c24-18-7-4-8-20(27)22(18)15-9-10-17-19(25-11-2-1-3-12-25)14-21(28)26-13-5-6-16(15)23(17)26/h4,7-10,14,27H,1-3,5-6,11-13H2. The van der Waals surface area contributed by atoms with Crippen LogP contribution in [0.2, 0.25) is 0 Å². The van der Waals surface area contributed by atoms with Crippen LogP contribution < -0.4 is 10.5 Å². The van der Waals surface area contributed by atoms with Gasteiger partial charge >= 0.3 is 0 Å². The molecule has 1 aromatic heterocycles. The summed E-state index contributed by atoms with van der Waals surface area (Å²) in [6, 6.07) is 10.0. The van der Waals surface area contributed by atoms with E-state index in [4.69, 9.17) is 0 Å². The summed E-state index contributed by atoms with van der Waals surface area (Å²) >= 11 is 0. The van der Waals surface area contributed by atoms with Crippen molar-refractivity contribution in [2.75, 3.05) is 18.0 Å². The van der Waals surface area contributed by atoms with Crippen LogP contribution >= 0.6 is 0 Å². The minimum Gasteiger partial charge on any atom is -0.507 e. The van der Waals surface area contributed by atoms with Gasteiger partial charge in [0.05, 0.1) is 16.8 Å². The van der Waals surface area contributed by atoms with Crippen molar-refractivity contribution in [1.29, 1.82) is 0 Å². The molecule has 5 heteroatoms. The van der Waals surface area contributed by atoms with Crippen LogP contribution in [0.25, 0.3) is 22.0 Å². The molecule has 0 atom stereocenters. The maximum atomic E-state index is 14.6. The molecule has 0 saturated carbocycles. The average Bonchev–Trinajstić information content (AvgIpc) is 2.72. The quantitative estimate of drug-likeness (QED) is 0.717. The predicted molar refractivity (Wildman–Crippen MR) is 110 cm³/mol. The van der Waals surface area contributed by atoms with Crippen LogP contribution in [0.1, 0.15) is 31.2 Å². The number of hydrogen-bond acceptors (Lipinski definition) is 3. The molecule has 144 valence electrons. The summed E-state index contributed by atoms with van der Waals surface area (Å²) in [5, 5.41) is 11.4. The smallest absolute Gasteiger partial charge is 0.253 e. The van der Waals surface area contributed by atoms with E-state index in [-0.39, 0.29) is 16.9 Å². The number of aromatic nitrogens is 1. The molecule has 2 aromatic carbocycles. The molecule has 0 spiro atoms. The topological polar surface area (TPSA) is 45.5 Å². The van der Waals surface area contributed by atoms with Gasteiger partial charge in [0, 0.05) is 31.1 Å². The van der Waals surface area contributed by atoms with Crippen LogP contribution in [-0.4, -0.2) is 22.8 Å². The molecule has 0 radical (unpaired) electrons. The summed E-state index contributed by atoms with van der Waals surface area (Å²) in [4.78, 5) is 15.2. The third-order valence-electron chi connectivity index (χ3n) is 6.12. The minimum absolute atomic E-state index is 0.00364. The summed E-state index contributed by atoms with van der Waals surface area (Å²) in [5.41, 5.74) is 3.77. The number of hydrogen-bond donors (Lipinski definition) is 1. The molecule has 0 bridgehead atoms. The Hall–Kier alpha value is -2.82. The lowest BCUT2D eigenvalue weighted by Crippen LogP contribution is -2.32. The zero-order valence-electron chi connectivity index (χ0n) is 15.7. The van der Waals surface area contributed by atoms with Gasteiger partial charge in [-0.25, -0.2) is 4.39 Å². The molecular weight excluding hydrogens is 355 g/mol. The van der Waals surface area contributed by atoms with E-state index < -0.39 is 5.82 Å². The second-order valence-electron chi connectivity index (χ2n) is 7.79. The number of aromatic hydroxyl groups is 1. The number of rotatable bonds is 2. The normalized spacial score (nSPS) is 16.5. The van der Waals surface area contributed by atoms with Crippen molar-refractivity contribution < 1.29 is 9.50 Å². The van der Waals surface area contributed by atoms with Gasteiger partial charge in [-0.05, 0) is 55.4 Å². The van der Waals surface area contributed by atoms with Gasteiger partial charge in [-0.2, -0.15) is 0 Å². The maximum Gasteiger partial charge on any atom is 0.253 e. The fraction of sp³-hybridized carbons (Fsp3) is 0.348. The number of aryl methyl sites for hydroxylation is 2. The Balaban J connectivity index is 1.81. The van der Waals surface area contributed by atoms with E-state index in [1.54, 1.807) is 6.07 Å². The Morgan fingerprint density at radius 2 is 1.79 bits per heavy atom. The van der Waals surface area contributed by atoms with Crippen molar-refractivity contribution in [1.82, 2.24) is 4.57 Å². The highest BCUT2D eigenvalue weighted by Gasteiger charge is 2.24. The summed E-state index contributed by atoms with van der Waals surface area (Å²) in [7, 11) is 0. The number of benzene rings is 2. The number of piperidine rings is 1. The van der Waals surface area contributed by atoms with E-state index in [0.29, 0.717) is 12.1 Å². The largest absolute Gasteiger partial charge is 0.507 e. The van der Waals surface area contributed by atoms with Crippen molar-refractivity contribution in [2.45, 2.75) is 38.6 Å². The third kappa shape index (κ3) is 2.60. The second kappa shape index (κ2) is 6.66. The highest BCUT2D eigenvalue weighted by Crippen LogP contribution is 2.41. The first-order chi connectivity index (χ1) is 13.6.